The number of hydrogen-bond acceptors (Lipinski definition) is 4. The Bertz CT molecular complexity index is 609. The summed E-state index contributed by atoms with van der Waals surface area (Å²) in [5.41, 5.74) is 7.47. The van der Waals surface area contributed by atoms with Crippen LogP contribution >= 0.6 is 24.0 Å². The van der Waals surface area contributed by atoms with Gasteiger partial charge >= 0.3 is 5.97 Å². The van der Waals surface area contributed by atoms with Crippen molar-refractivity contribution in [1.82, 2.24) is 9.97 Å². The molecule has 0 radical (unpaired) electrons. The third kappa shape index (κ3) is 2.94. The number of nitrogen functional groups attached to an aromatic ring is 1. The molecule has 1 aromatic heterocycles. The number of carboxylic acid groups (broad SMARTS) is 1. The fourth-order valence-electron chi connectivity index (χ4n) is 1.78. The van der Waals surface area contributed by atoms with Gasteiger partial charge in [0.05, 0.1) is 11.3 Å². The van der Waals surface area contributed by atoms with Crippen molar-refractivity contribution < 1.29 is 9.90 Å². The van der Waals surface area contributed by atoms with Crippen LogP contribution in [0.3, 0.4) is 0 Å². The van der Waals surface area contributed by atoms with Crippen molar-refractivity contribution in [3.05, 3.63) is 40.8 Å². The number of rotatable bonds is 2. The van der Waals surface area contributed by atoms with E-state index in [2.05, 4.69) is 9.97 Å². The number of nitrogens with zero attached hydrogens (tertiary/aromatic N) is 2. The second-order valence-corrected chi connectivity index (χ2v) is 4.03. The number of carboxylic acids is 1. The Kier molecular flexibility index (Phi) is 4.69. The van der Waals surface area contributed by atoms with Gasteiger partial charge in [-0.25, -0.2) is 14.8 Å². The highest BCUT2D eigenvalue weighted by Gasteiger charge is 2.17. The molecule has 0 aliphatic rings. The minimum Gasteiger partial charge on any atom is -0.478 e. The highest BCUT2D eigenvalue weighted by atomic mass is 35.5. The first kappa shape index (κ1) is 15.2. The van der Waals surface area contributed by atoms with Gasteiger partial charge in [-0.3, -0.25) is 0 Å². The minimum atomic E-state index is -1.03. The van der Waals surface area contributed by atoms with Gasteiger partial charge in [0, 0.05) is 11.1 Å². The van der Waals surface area contributed by atoms with E-state index in [1.54, 1.807) is 25.1 Å². The number of hydrogen-bond donors (Lipinski definition) is 2. The third-order valence-corrected chi connectivity index (χ3v) is 2.69. The van der Waals surface area contributed by atoms with Gasteiger partial charge in [0.1, 0.15) is 5.82 Å². The lowest BCUT2D eigenvalue weighted by atomic mass is 9.99. The zero-order chi connectivity index (χ0) is 13.3. The van der Waals surface area contributed by atoms with Gasteiger partial charge in [-0.1, -0.05) is 18.2 Å². The maximum Gasteiger partial charge on any atom is 0.336 e. The lowest BCUT2D eigenvalue weighted by Crippen LogP contribution is -2.05. The van der Waals surface area contributed by atoms with E-state index in [1.807, 2.05) is 0 Å². The molecule has 7 heteroatoms. The maximum atomic E-state index is 11.2. The van der Waals surface area contributed by atoms with Crippen LogP contribution in [0.2, 0.25) is 5.28 Å². The van der Waals surface area contributed by atoms with E-state index in [0.717, 1.165) is 0 Å². The molecular weight excluding hydrogens is 289 g/mol. The average Bonchev–Trinajstić information content (AvgIpc) is 2.28. The van der Waals surface area contributed by atoms with E-state index < -0.39 is 5.97 Å². The van der Waals surface area contributed by atoms with Crippen molar-refractivity contribution in [2.75, 3.05) is 5.73 Å². The molecule has 1 heterocycles. The summed E-state index contributed by atoms with van der Waals surface area (Å²) >= 11 is 5.69. The Labute approximate surface area is 120 Å². The summed E-state index contributed by atoms with van der Waals surface area (Å²) in [6.07, 6.45) is 0. The van der Waals surface area contributed by atoms with Crippen molar-refractivity contribution in [3.63, 3.8) is 0 Å². The van der Waals surface area contributed by atoms with Gasteiger partial charge in [0.2, 0.25) is 5.28 Å². The number of benzene rings is 1. The van der Waals surface area contributed by atoms with Crippen molar-refractivity contribution >= 4 is 35.8 Å². The van der Waals surface area contributed by atoms with Crippen LogP contribution in [-0.4, -0.2) is 21.0 Å². The first-order chi connectivity index (χ1) is 8.50. The number of aryl methyl sites for hydroxylation is 1. The fraction of sp³-hybridized carbons (Fsp3) is 0.0833. The largest absolute Gasteiger partial charge is 0.478 e. The monoisotopic (exact) mass is 299 g/mol. The van der Waals surface area contributed by atoms with Crippen molar-refractivity contribution in [3.8, 4) is 11.1 Å². The summed E-state index contributed by atoms with van der Waals surface area (Å²) < 4.78 is 0. The van der Waals surface area contributed by atoms with Crippen molar-refractivity contribution in [2.45, 2.75) is 6.92 Å². The van der Waals surface area contributed by atoms with Gasteiger partial charge in [-0.05, 0) is 24.6 Å². The van der Waals surface area contributed by atoms with Crippen LogP contribution in [0.1, 0.15) is 16.1 Å². The average molecular weight is 300 g/mol. The van der Waals surface area contributed by atoms with Crippen LogP contribution in [0.25, 0.3) is 11.1 Å². The normalized spacial score (nSPS) is 9.79. The topological polar surface area (TPSA) is 89.1 Å². The van der Waals surface area contributed by atoms with E-state index >= 15 is 0 Å². The van der Waals surface area contributed by atoms with E-state index in [4.69, 9.17) is 22.4 Å². The summed E-state index contributed by atoms with van der Waals surface area (Å²) in [6, 6.07) is 6.55. The molecule has 2 aromatic rings. The minimum absolute atomic E-state index is 0. The molecule has 100 valence electrons. The molecule has 0 saturated carbocycles. The Balaban J connectivity index is 0.00000180. The molecule has 0 bridgehead atoms. The lowest BCUT2D eigenvalue weighted by Gasteiger charge is -2.11. The summed E-state index contributed by atoms with van der Waals surface area (Å²) in [5.74, 6) is -0.861. The first-order valence-corrected chi connectivity index (χ1v) is 5.51. The predicted molar refractivity (Wildman–Crippen MR) is 75.8 cm³/mol. The summed E-state index contributed by atoms with van der Waals surface area (Å²) in [7, 11) is 0. The number of aromatic nitrogens is 2. The molecule has 0 aliphatic carbocycles. The van der Waals surface area contributed by atoms with Gasteiger partial charge in [-0.2, -0.15) is 0 Å². The summed E-state index contributed by atoms with van der Waals surface area (Å²) in [4.78, 5) is 19.0. The first-order valence-electron chi connectivity index (χ1n) is 5.13. The maximum absolute atomic E-state index is 11.2. The van der Waals surface area contributed by atoms with Crippen LogP contribution in [0.4, 0.5) is 5.82 Å². The number of aromatic carboxylic acids is 1. The second kappa shape index (κ2) is 5.86. The highest BCUT2D eigenvalue weighted by Crippen LogP contribution is 2.30. The summed E-state index contributed by atoms with van der Waals surface area (Å²) in [6.45, 7) is 1.71. The highest BCUT2D eigenvalue weighted by molar-refractivity contribution is 6.28. The van der Waals surface area contributed by atoms with Gasteiger partial charge < -0.3 is 10.8 Å². The zero-order valence-electron chi connectivity index (χ0n) is 9.92. The predicted octanol–water partition coefficient (Wildman–Crippen LogP) is 2.81. The molecular formula is C12H11Cl2N3O2. The third-order valence-electron chi connectivity index (χ3n) is 2.52. The Morgan fingerprint density at radius 2 is 1.95 bits per heavy atom. The molecule has 0 saturated heterocycles. The van der Waals surface area contributed by atoms with Crippen LogP contribution in [-0.2, 0) is 0 Å². The van der Waals surface area contributed by atoms with E-state index in [0.29, 0.717) is 16.8 Å². The Morgan fingerprint density at radius 1 is 1.32 bits per heavy atom. The molecule has 0 fully saturated rings. The van der Waals surface area contributed by atoms with Crippen LogP contribution in [0.5, 0.6) is 0 Å². The fourth-order valence-corrected chi connectivity index (χ4v) is 2.00. The Hall–Kier alpha value is -1.85. The number of nitrogens with two attached hydrogens (primary N) is 1. The Morgan fingerprint density at radius 3 is 2.53 bits per heavy atom. The zero-order valence-corrected chi connectivity index (χ0v) is 11.5. The number of halogens is 2. The van der Waals surface area contributed by atoms with Gasteiger partial charge in [0.25, 0.3) is 0 Å². The molecule has 0 amide bonds. The van der Waals surface area contributed by atoms with Crippen molar-refractivity contribution in [2.24, 2.45) is 0 Å². The quantitative estimate of drug-likeness (QED) is 0.832. The standard InChI is InChI=1S/C12H10ClN3O2.ClH/c1-6-9(10(14)16-12(13)15-6)7-4-2-3-5-8(7)11(17)18;/h2-5H,1H3,(H,17,18)(H2,14,15,16);1H. The molecule has 19 heavy (non-hydrogen) atoms. The molecule has 0 spiro atoms. The second-order valence-electron chi connectivity index (χ2n) is 3.69. The number of anilines is 1. The molecule has 0 unspecified atom stereocenters. The van der Waals surface area contributed by atoms with E-state index in [9.17, 15) is 4.79 Å². The van der Waals surface area contributed by atoms with E-state index in [-0.39, 0.29) is 29.1 Å². The lowest BCUT2D eigenvalue weighted by molar-refractivity contribution is 0.0698. The summed E-state index contributed by atoms with van der Waals surface area (Å²) in [5, 5.41) is 9.20. The van der Waals surface area contributed by atoms with Gasteiger partial charge in [-0.15, -0.1) is 12.4 Å². The SMILES string of the molecule is Cc1nc(Cl)nc(N)c1-c1ccccc1C(=O)O.Cl. The molecule has 0 atom stereocenters. The van der Waals surface area contributed by atoms with Crippen LogP contribution in [0.15, 0.2) is 24.3 Å². The molecule has 1 aromatic carbocycles. The molecule has 3 N–H and O–H groups in total. The molecule has 0 aliphatic heterocycles. The van der Waals surface area contributed by atoms with Gasteiger partial charge in [0.15, 0.2) is 0 Å². The van der Waals surface area contributed by atoms with Crippen LogP contribution < -0.4 is 5.73 Å². The van der Waals surface area contributed by atoms with Crippen LogP contribution in [0, 0.1) is 6.92 Å². The molecule has 2 rings (SSSR count). The van der Waals surface area contributed by atoms with Crippen molar-refractivity contribution in [1.29, 1.82) is 0 Å². The molecule has 5 nitrogen and oxygen atoms in total. The smallest absolute Gasteiger partial charge is 0.336 e. The van der Waals surface area contributed by atoms with E-state index in [1.165, 1.54) is 6.07 Å². The number of carbonyl (C=O) groups is 1.